The van der Waals surface area contributed by atoms with Gasteiger partial charge >= 0.3 is 5.97 Å². The van der Waals surface area contributed by atoms with Gasteiger partial charge in [0.25, 0.3) is 0 Å². The molecule has 2 aromatic heterocycles. The monoisotopic (exact) mass is 390 g/mol. The van der Waals surface area contributed by atoms with E-state index in [1.54, 1.807) is 23.4 Å². The van der Waals surface area contributed by atoms with Crippen molar-refractivity contribution in [2.75, 3.05) is 18.8 Å². The lowest BCUT2D eigenvalue weighted by Crippen LogP contribution is -2.45. The summed E-state index contributed by atoms with van der Waals surface area (Å²) >= 11 is 1.38. The van der Waals surface area contributed by atoms with Gasteiger partial charge in [-0.1, -0.05) is 11.8 Å². The minimum absolute atomic E-state index is 0.0687. The summed E-state index contributed by atoms with van der Waals surface area (Å²) in [7, 11) is 1.85. The van der Waals surface area contributed by atoms with Crippen molar-refractivity contribution in [2.45, 2.75) is 37.1 Å². The topological polar surface area (TPSA) is 95.1 Å². The summed E-state index contributed by atoms with van der Waals surface area (Å²) < 4.78 is 9.34. The van der Waals surface area contributed by atoms with Gasteiger partial charge in [-0.15, -0.1) is 10.2 Å². The first-order chi connectivity index (χ1) is 13.1. The minimum atomic E-state index is -0.446. The van der Waals surface area contributed by atoms with Crippen LogP contribution in [0.1, 0.15) is 19.3 Å². The molecule has 0 radical (unpaired) electrons. The summed E-state index contributed by atoms with van der Waals surface area (Å²) in [5, 5.41) is 8.51. The number of aryl methyl sites for hydroxylation is 1. The zero-order chi connectivity index (χ0) is 18.9. The van der Waals surface area contributed by atoms with E-state index in [1.807, 2.05) is 22.7 Å². The van der Waals surface area contributed by atoms with Crippen LogP contribution in [-0.2, 0) is 27.9 Å². The fourth-order valence-corrected chi connectivity index (χ4v) is 4.57. The van der Waals surface area contributed by atoms with E-state index in [0.29, 0.717) is 44.6 Å². The quantitative estimate of drug-likeness (QED) is 0.548. The summed E-state index contributed by atoms with van der Waals surface area (Å²) in [4.78, 5) is 30.9. The number of likely N-dealkylation sites (tertiary alicyclic amines) is 1. The predicted molar refractivity (Wildman–Crippen MR) is 96.7 cm³/mol. The summed E-state index contributed by atoms with van der Waals surface area (Å²) in [6.07, 6.45) is 8.84. The van der Waals surface area contributed by atoms with Crippen LogP contribution >= 0.6 is 11.8 Å². The van der Waals surface area contributed by atoms with Crippen molar-refractivity contribution >= 4 is 23.6 Å². The second-order valence-electron chi connectivity index (χ2n) is 7.17. The van der Waals surface area contributed by atoms with Gasteiger partial charge in [-0.05, 0) is 12.8 Å². The number of cyclic esters (lactones) is 1. The Morgan fingerprint density at radius 2 is 2.19 bits per heavy atom. The van der Waals surface area contributed by atoms with Crippen LogP contribution in [0.25, 0.3) is 0 Å². The number of esters is 1. The summed E-state index contributed by atoms with van der Waals surface area (Å²) in [6, 6.07) is 0. The maximum absolute atomic E-state index is 12.5. The zero-order valence-corrected chi connectivity index (χ0v) is 16.0. The lowest BCUT2D eigenvalue weighted by Gasteiger charge is -2.36. The summed E-state index contributed by atoms with van der Waals surface area (Å²) in [6.45, 7) is 1.81. The number of nitrogens with zero attached hydrogens (tertiary/aromatic N) is 6. The first kappa shape index (κ1) is 18.0. The van der Waals surface area contributed by atoms with Crippen molar-refractivity contribution in [3.8, 4) is 0 Å². The first-order valence-corrected chi connectivity index (χ1v) is 9.96. The number of imidazole rings is 1. The molecule has 4 heterocycles. The van der Waals surface area contributed by atoms with E-state index < -0.39 is 5.41 Å². The molecule has 1 spiro atoms. The van der Waals surface area contributed by atoms with E-state index in [4.69, 9.17) is 4.74 Å². The molecule has 2 aliphatic rings. The summed E-state index contributed by atoms with van der Waals surface area (Å²) in [5.41, 5.74) is -0.446. The maximum Gasteiger partial charge on any atom is 0.312 e. The molecule has 0 bridgehead atoms. The molecule has 9 nitrogen and oxygen atoms in total. The standard InChI is InChI=1S/C17H22N6O3S/c1-21-12-19-20-16(21)27-10-14(24)23-5-2-17(3-6-23)8-13(26-15(17)25)9-22-7-4-18-11-22/h4,7,11-13H,2-3,5-6,8-10H2,1H3. The van der Waals surface area contributed by atoms with Crippen LogP contribution in [0.15, 0.2) is 30.2 Å². The first-order valence-electron chi connectivity index (χ1n) is 8.97. The highest BCUT2D eigenvalue weighted by Crippen LogP contribution is 2.43. The maximum atomic E-state index is 12.5. The smallest absolute Gasteiger partial charge is 0.312 e. The molecule has 2 fully saturated rings. The fourth-order valence-electron chi connectivity index (χ4n) is 3.78. The highest BCUT2D eigenvalue weighted by atomic mass is 32.2. The van der Waals surface area contributed by atoms with E-state index in [2.05, 4.69) is 15.2 Å². The number of ether oxygens (including phenoxy) is 1. The number of carbonyl (C=O) groups excluding carboxylic acids is 2. The Balaban J connectivity index is 1.29. The van der Waals surface area contributed by atoms with Gasteiger partial charge in [0.2, 0.25) is 5.91 Å². The molecule has 1 amide bonds. The Hall–Kier alpha value is -2.36. The van der Waals surface area contributed by atoms with E-state index in [1.165, 1.54) is 11.8 Å². The number of rotatable bonds is 5. The van der Waals surface area contributed by atoms with Gasteiger partial charge in [0.1, 0.15) is 12.4 Å². The molecule has 10 heteroatoms. The Kier molecular flexibility index (Phi) is 4.90. The van der Waals surface area contributed by atoms with E-state index >= 15 is 0 Å². The molecule has 1 atom stereocenters. The van der Waals surface area contributed by atoms with Crippen LogP contribution in [0.2, 0.25) is 0 Å². The third-order valence-electron chi connectivity index (χ3n) is 5.37. The summed E-state index contributed by atoms with van der Waals surface area (Å²) in [5.74, 6) is 0.278. The van der Waals surface area contributed by atoms with E-state index in [0.717, 1.165) is 5.16 Å². The van der Waals surface area contributed by atoms with Crippen molar-refractivity contribution < 1.29 is 14.3 Å². The second kappa shape index (κ2) is 7.34. The number of amides is 1. The number of carbonyl (C=O) groups is 2. The van der Waals surface area contributed by atoms with Crippen LogP contribution in [0.4, 0.5) is 0 Å². The van der Waals surface area contributed by atoms with Gasteiger partial charge in [0.05, 0.1) is 24.0 Å². The number of aromatic nitrogens is 5. The normalized spacial score (nSPS) is 21.6. The van der Waals surface area contributed by atoms with Gasteiger partial charge in [0, 0.05) is 39.0 Å². The average Bonchev–Trinajstić information content (AvgIpc) is 3.37. The molecular weight excluding hydrogens is 368 g/mol. The average molecular weight is 390 g/mol. The fraction of sp³-hybridized carbons (Fsp3) is 0.588. The Morgan fingerprint density at radius 3 is 2.85 bits per heavy atom. The molecule has 0 N–H and O–H groups in total. The molecule has 144 valence electrons. The Labute approximate surface area is 161 Å². The number of hydrogen-bond donors (Lipinski definition) is 0. The Morgan fingerprint density at radius 1 is 1.37 bits per heavy atom. The molecule has 0 aromatic carbocycles. The van der Waals surface area contributed by atoms with Gasteiger partial charge < -0.3 is 18.8 Å². The number of hydrogen-bond acceptors (Lipinski definition) is 7. The third kappa shape index (κ3) is 3.71. The molecule has 0 aliphatic carbocycles. The van der Waals surface area contributed by atoms with Crippen molar-refractivity contribution in [3.05, 3.63) is 25.0 Å². The van der Waals surface area contributed by atoms with Gasteiger partial charge in [-0.25, -0.2) is 4.98 Å². The SMILES string of the molecule is Cn1cnnc1SCC(=O)N1CCC2(CC1)CC(Cn1ccnc1)OC2=O. The largest absolute Gasteiger partial charge is 0.460 e. The number of piperidine rings is 1. The van der Waals surface area contributed by atoms with Gasteiger partial charge in [-0.2, -0.15) is 0 Å². The van der Waals surface area contributed by atoms with Gasteiger partial charge in [-0.3, -0.25) is 9.59 Å². The van der Waals surface area contributed by atoms with Crippen molar-refractivity contribution in [1.82, 2.24) is 29.2 Å². The number of thioether (sulfide) groups is 1. The molecule has 2 saturated heterocycles. The van der Waals surface area contributed by atoms with Crippen LogP contribution in [0.3, 0.4) is 0 Å². The van der Waals surface area contributed by atoms with E-state index in [9.17, 15) is 9.59 Å². The van der Waals surface area contributed by atoms with Crippen molar-refractivity contribution in [2.24, 2.45) is 12.5 Å². The zero-order valence-electron chi connectivity index (χ0n) is 15.2. The molecule has 2 aliphatic heterocycles. The lowest BCUT2D eigenvalue weighted by molar-refractivity contribution is -0.152. The second-order valence-corrected chi connectivity index (χ2v) is 8.11. The van der Waals surface area contributed by atoms with Crippen LogP contribution in [0.5, 0.6) is 0 Å². The lowest BCUT2D eigenvalue weighted by atomic mass is 9.76. The van der Waals surface area contributed by atoms with Crippen molar-refractivity contribution in [1.29, 1.82) is 0 Å². The highest BCUT2D eigenvalue weighted by Gasteiger charge is 2.50. The van der Waals surface area contributed by atoms with Crippen molar-refractivity contribution in [3.63, 3.8) is 0 Å². The van der Waals surface area contributed by atoms with Crippen LogP contribution < -0.4 is 0 Å². The Bertz CT molecular complexity index is 813. The van der Waals surface area contributed by atoms with E-state index in [-0.39, 0.29) is 18.0 Å². The van der Waals surface area contributed by atoms with Crippen LogP contribution in [-0.4, -0.2) is 66.0 Å². The molecule has 1 unspecified atom stereocenters. The predicted octanol–water partition coefficient (Wildman–Crippen LogP) is 0.728. The molecule has 27 heavy (non-hydrogen) atoms. The molecule has 2 aromatic rings. The van der Waals surface area contributed by atoms with Gasteiger partial charge in [0.15, 0.2) is 5.16 Å². The minimum Gasteiger partial charge on any atom is -0.460 e. The molecular formula is C17H22N6O3S. The molecule has 4 rings (SSSR count). The van der Waals surface area contributed by atoms with Crippen LogP contribution in [0, 0.1) is 5.41 Å². The third-order valence-corrected chi connectivity index (χ3v) is 6.39. The highest BCUT2D eigenvalue weighted by molar-refractivity contribution is 7.99. The molecule has 0 saturated carbocycles.